The minimum Gasteiger partial charge on any atom is -0.395 e. The molecule has 1 saturated carbocycles. The molecule has 4 aromatic rings. The molecule has 1 saturated heterocycles. The summed E-state index contributed by atoms with van der Waals surface area (Å²) in [5.41, 5.74) is 12.8. The molecule has 0 radical (unpaired) electrons. The lowest BCUT2D eigenvalue weighted by Crippen LogP contribution is -2.46. The third-order valence-corrected chi connectivity index (χ3v) is 10.6. The maximum Gasteiger partial charge on any atom is 0.255 e. The van der Waals surface area contributed by atoms with Crippen molar-refractivity contribution in [1.29, 1.82) is 0 Å². The zero-order valence-electron chi connectivity index (χ0n) is 28.8. The van der Waals surface area contributed by atoms with Gasteiger partial charge in [0.05, 0.1) is 37.1 Å². The van der Waals surface area contributed by atoms with E-state index >= 15 is 0 Å². The van der Waals surface area contributed by atoms with Gasteiger partial charge in [-0.2, -0.15) is 5.10 Å². The summed E-state index contributed by atoms with van der Waals surface area (Å²) in [7, 11) is 1.85. The number of amides is 1. The van der Waals surface area contributed by atoms with Crippen LogP contribution in [-0.2, 0) is 23.8 Å². The number of aromatic nitrogens is 4. The number of rotatable bonds is 10. The average Bonchev–Trinajstić information content (AvgIpc) is 3.81. The number of β-amino-alcohol motifs (C(OH)–C–C–N with tert-alkyl or cyclic N) is 1. The first-order valence-corrected chi connectivity index (χ1v) is 17.6. The summed E-state index contributed by atoms with van der Waals surface area (Å²) in [6.07, 6.45) is 12.2. The van der Waals surface area contributed by atoms with Gasteiger partial charge in [0.25, 0.3) is 5.91 Å². The number of anilines is 2. The molecule has 49 heavy (non-hydrogen) atoms. The fourth-order valence-corrected chi connectivity index (χ4v) is 7.75. The number of aliphatic hydroxyl groups is 1. The van der Waals surface area contributed by atoms with Gasteiger partial charge in [-0.15, -0.1) is 0 Å². The molecule has 0 unspecified atom stereocenters. The predicted octanol–water partition coefficient (Wildman–Crippen LogP) is 4.55. The Morgan fingerprint density at radius 2 is 1.76 bits per heavy atom. The molecule has 2 aliphatic heterocycles. The number of carbonyl (C=O) groups is 1. The van der Waals surface area contributed by atoms with E-state index in [9.17, 15) is 9.90 Å². The van der Waals surface area contributed by atoms with Gasteiger partial charge in [-0.3, -0.25) is 9.48 Å². The quantitative estimate of drug-likeness (QED) is 0.223. The van der Waals surface area contributed by atoms with Gasteiger partial charge in [-0.1, -0.05) is 38.1 Å². The van der Waals surface area contributed by atoms with Crippen molar-refractivity contribution in [3.05, 3.63) is 77.9 Å². The summed E-state index contributed by atoms with van der Waals surface area (Å²) in [4.78, 5) is 27.5. The number of nitrogen functional groups attached to an aromatic ring is 1. The Balaban J connectivity index is 0.968. The standard InChI is InChI=1S/C38H48N8O3/c1-38(2)24-46(30-11-13-45(14-12-30)15-16-47)36-32(38)18-28(20-41-36)26-9-7-25(8-10-26)23-49-34-6-4-5-33(34)43-37(48)31-17-27(19-40-35(31)39)29-21-42-44(3)22-29/h7-10,17-22,30,33-34,47H,4-6,11-16,23-24H2,1-3H3,(H2,39,40)(H,43,48)/t33-,34-/m0/s1. The molecule has 3 aliphatic rings. The number of aliphatic hydroxyl groups excluding tert-OH is 1. The van der Waals surface area contributed by atoms with Gasteiger partial charge >= 0.3 is 0 Å². The van der Waals surface area contributed by atoms with Gasteiger partial charge in [0, 0.05) is 85.5 Å². The van der Waals surface area contributed by atoms with E-state index < -0.39 is 0 Å². The van der Waals surface area contributed by atoms with Crippen LogP contribution < -0.4 is 16.0 Å². The molecule has 2 atom stereocenters. The van der Waals surface area contributed by atoms with E-state index in [1.165, 1.54) is 5.56 Å². The number of fused-ring (bicyclic) bond motifs is 1. The normalized spacial score (nSPS) is 20.9. The zero-order valence-corrected chi connectivity index (χ0v) is 28.8. The Morgan fingerprint density at radius 3 is 2.49 bits per heavy atom. The van der Waals surface area contributed by atoms with Crippen LogP contribution in [0.25, 0.3) is 22.3 Å². The molecule has 0 bridgehead atoms. The molecule has 11 heteroatoms. The van der Waals surface area contributed by atoms with Gasteiger partial charge in [0.15, 0.2) is 0 Å². The summed E-state index contributed by atoms with van der Waals surface area (Å²) in [5, 5.41) is 16.7. The number of ether oxygens (including phenoxy) is 1. The number of pyridine rings is 2. The van der Waals surface area contributed by atoms with Crippen molar-refractivity contribution in [2.45, 2.75) is 76.2 Å². The Bertz CT molecular complexity index is 1780. The van der Waals surface area contributed by atoms with Crippen molar-refractivity contribution in [3.63, 3.8) is 0 Å². The number of likely N-dealkylation sites (tertiary alicyclic amines) is 1. The highest BCUT2D eigenvalue weighted by Gasteiger charge is 2.40. The second-order valence-corrected chi connectivity index (χ2v) is 14.5. The average molecular weight is 665 g/mol. The molecule has 0 spiro atoms. The molecule has 4 N–H and O–H groups in total. The molecule has 1 amide bonds. The van der Waals surface area contributed by atoms with Crippen LogP contribution in [-0.4, -0.2) is 86.6 Å². The summed E-state index contributed by atoms with van der Waals surface area (Å²) in [5.74, 6) is 1.09. The fourth-order valence-electron chi connectivity index (χ4n) is 7.75. The van der Waals surface area contributed by atoms with Crippen molar-refractivity contribution >= 4 is 17.5 Å². The van der Waals surface area contributed by atoms with Gasteiger partial charge in [0.2, 0.25) is 0 Å². The third-order valence-electron chi connectivity index (χ3n) is 10.6. The first-order chi connectivity index (χ1) is 23.7. The minimum absolute atomic E-state index is 0.0198. The number of nitrogens with one attached hydrogen (secondary N) is 1. The lowest BCUT2D eigenvalue weighted by Gasteiger charge is -2.38. The van der Waals surface area contributed by atoms with E-state index in [2.05, 4.69) is 69.4 Å². The maximum atomic E-state index is 13.3. The number of piperidine rings is 1. The van der Waals surface area contributed by atoms with Crippen molar-refractivity contribution < 1.29 is 14.6 Å². The monoisotopic (exact) mass is 664 g/mol. The van der Waals surface area contributed by atoms with Gasteiger partial charge < -0.3 is 30.7 Å². The highest BCUT2D eigenvalue weighted by Crippen LogP contribution is 2.43. The summed E-state index contributed by atoms with van der Waals surface area (Å²) < 4.78 is 8.09. The molecule has 1 aromatic carbocycles. The highest BCUT2D eigenvalue weighted by molar-refractivity contribution is 5.99. The first-order valence-electron chi connectivity index (χ1n) is 17.6. The highest BCUT2D eigenvalue weighted by atomic mass is 16.5. The Labute approximate surface area is 288 Å². The minimum atomic E-state index is -0.238. The van der Waals surface area contributed by atoms with Gasteiger partial charge in [0.1, 0.15) is 11.6 Å². The van der Waals surface area contributed by atoms with Crippen LogP contribution in [0.15, 0.2) is 61.2 Å². The Morgan fingerprint density at radius 1 is 1.00 bits per heavy atom. The topological polar surface area (TPSA) is 135 Å². The number of nitrogens with zero attached hydrogens (tertiary/aromatic N) is 6. The molecule has 7 rings (SSSR count). The first kappa shape index (κ1) is 33.2. The molecule has 2 fully saturated rings. The van der Waals surface area contributed by atoms with E-state index in [-0.39, 0.29) is 35.9 Å². The molecule has 5 heterocycles. The smallest absolute Gasteiger partial charge is 0.255 e. The number of aryl methyl sites for hydroxylation is 1. The van der Waals surface area contributed by atoms with Crippen LogP contribution in [0.5, 0.6) is 0 Å². The van der Waals surface area contributed by atoms with Crippen LogP contribution in [0.4, 0.5) is 11.6 Å². The second kappa shape index (κ2) is 13.9. The zero-order chi connectivity index (χ0) is 34.1. The van der Waals surface area contributed by atoms with E-state index in [0.29, 0.717) is 18.2 Å². The van der Waals surface area contributed by atoms with Crippen molar-refractivity contribution in [3.8, 4) is 22.3 Å². The van der Waals surface area contributed by atoms with E-state index in [1.807, 2.05) is 19.4 Å². The lowest BCUT2D eigenvalue weighted by atomic mass is 9.86. The molecular weight excluding hydrogens is 616 g/mol. The van der Waals surface area contributed by atoms with Crippen LogP contribution in [0.2, 0.25) is 0 Å². The Hall–Kier alpha value is -4.32. The molecule has 258 valence electrons. The molecule has 3 aromatic heterocycles. The maximum absolute atomic E-state index is 13.3. The lowest BCUT2D eigenvalue weighted by molar-refractivity contribution is 0.0272. The predicted molar refractivity (Wildman–Crippen MR) is 191 cm³/mol. The SMILES string of the molecule is Cn1cc(-c2cnc(N)c(C(=O)N[C@H]3CCC[C@@H]3OCc3ccc(-c4cnc5c(c4)C(C)(C)CN5C4CCN(CCO)CC4)cc3)c2)cn1. The van der Waals surface area contributed by atoms with Crippen LogP contribution in [0, 0.1) is 0 Å². The van der Waals surface area contributed by atoms with E-state index in [0.717, 1.165) is 91.9 Å². The largest absolute Gasteiger partial charge is 0.395 e. The third kappa shape index (κ3) is 7.06. The molecule has 1 aliphatic carbocycles. The Kier molecular flexibility index (Phi) is 9.41. The van der Waals surface area contributed by atoms with E-state index in [4.69, 9.17) is 15.5 Å². The van der Waals surface area contributed by atoms with Crippen molar-refractivity contribution in [2.75, 3.05) is 43.4 Å². The van der Waals surface area contributed by atoms with E-state index in [1.54, 1.807) is 23.1 Å². The second-order valence-electron chi connectivity index (χ2n) is 14.5. The molecule has 11 nitrogen and oxygen atoms in total. The summed E-state index contributed by atoms with van der Waals surface area (Å²) >= 11 is 0. The summed E-state index contributed by atoms with van der Waals surface area (Å²) in [6.45, 7) is 9.13. The van der Waals surface area contributed by atoms with Crippen LogP contribution in [0.3, 0.4) is 0 Å². The fraction of sp³-hybridized carbons (Fsp3) is 0.474. The van der Waals surface area contributed by atoms with Gasteiger partial charge in [-0.25, -0.2) is 9.97 Å². The summed E-state index contributed by atoms with van der Waals surface area (Å²) in [6, 6.07) is 13.0. The number of nitrogens with two attached hydrogens (primary N) is 1. The van der Waals surface area contributed by atoms with Crippen molar-refractivity contribution in [2.24, 2.45) is 7.05 Å². The van der Waals surface area contributed by atoms with Gasteiger partial charge in [-0.05, 0) is 55.4 Å². The number of benzene rings is 1. The van der Waals surface area contributed by atoms with Crippen LogP contribution in [0.1, 0.15) is 67.4 Å². The number of hydrogen-bond donors (Lipinski definition) is 3. The number of hydrogen-bond acceptors (Lipinski definition) is 9. The van der Waals surface area contributed by atoms with Crippen LogP contribution >= 0.6 is 0 Å². The number of carbonyl (C=O) groups excluding carboxylic acids is 1. The van der Waals surface area contributed by atoms with Crippen molar-refractivity contribution in [1.82, 2.24) is 30.0 Å². The molecular formula is C38H48N8O3.